The number of hydrogen-bond acceptors (Lipinski definition) is 3. The summed E-state index contributed by atoms with van der Waals surface area (Å²) in [6, 6.07) is 3.04. The summed E-state index contributed by atoms with van der Waals surface area (Å²) in [5.74, 6) is 0.179. The molecule has 1 aromatic carbocycles. The minimum atomic E-state index is -0.349. The predicted octanol–water partition coefficient (Wildman–Crippen LogP) is 2.93. The average Bonchev–Trinajstić information content (AvgIpc) is 3.13. The summed E-state index contributed by atoms with van der Waals surface area (Å²) >= 11 is 0. The van der Waals surface area contributed by atoms with Crippen molar-refractivity contribution in [2.75, 3.05) is 25.0 Å². The van der Waals surface area contributed by atoms with E-state index < -0.39 is 0 Å². The zero-order valence-electron chi connectivity index (χ0n) is 15.6. The van der Waals surface area contributed by atoms with Crippen molar-refractivity contribution in [3.63, 3.8) is 0 Å². The molecule has 2 fully saturated rings. The van der Waals surface area contributed by atoms with E-state index in [-0.39, 0.29) is 17.8 Å². The van der Waals surface area contributed by atoms with Crippen LogP contribution in [0.3, 0.4) is 0 Å². The van der Waals surface area contributed by atoms with Crippen molar-refractivity contribution in [3.8, 4) is 0 Å². The molecule has 0 radical (unpaired) electrons. The van der Waals surface area contributed by atoms with E-state index >= 15 is 0 Å². The lowest BCUT2D eigenvalue weighted by atomic mass is 10.0. The standard InChI is InChI=1S/C20H28FN3O2/c1-14-11-23(7-8-24(14)20(26)16-5-3-4-6-16)12-17-9-18(21)10-19(15(17)2)22-13-25/h9-10,13-14,16H,3-8,11-12H2,1-2H3,(H,22,25)/t14-/m0/s1. The molecule has 1 atom stereocenters. The Balaban J connectivity index is 1.64. The molecule has 0 bridgehead atoms. The van der Waals surface area contributed by atoms with Crippen LogP contribution < -0.4 is 5.32 Å². The Morgan fingerprint density at radius 3 is 2.69 bits per heavy atom. The number of halogens is 1. The summed E-state index contributed by atoms with van der Waals surface area (Å²) in [5.41, 5.74) is 2.27. The first kappa shape index (κ1) is 18.8. The van der Waals surface area contributed by atoms with Crippen LogP contribution in [0.5, 0.6) is 0 Å². The van der Waals surface area contributed by atoms with Gasteiger partial charge in [0.25, 0.3) is 0 Å². The van der Waals surface area contributed by atoms with Gasteiger partial charge < -0.3 is 10.2 Å². The van der Waals surface area contributed by atoms with E-state index in [9.17, 15) is 14.0 Å². The normalized spacial score (nSPS) is 21.8. The van der Waals surface area contributed by atoms with Gasteiger partial charge in [0.05, 0.1) is 0 Å². The molecule has 1 aromatic rings. The van der Waals surface area contributed by atoms with Gasteiger partial charge in [-0.25, -0.2) is 4.39 Å². The quantitative estimate of drug-likeness (QED) is 0.821. The second-order valence-corrected chi connectivity index (χ2v) is 7.60. The predicted molar refractivity (Wildman–Crippen MR) is 99.2 cm³/mol. The van der Waals surface area contributed by atoms with E-state index in [0.717, 1.165) is 43.6 Å². The Labute approximate surface area is 154 Å². The number of nitrogens with one attached hydrogen (secondary N) is 1. The molecule has 0 unspecified atom stereocenters. The van der Waals surface area contributed by atoms with Gasteiger partial charge in [0.15, 0.2) is 0 Å². The highest BCUT2D eigenvalue weighted by atomic mass is 19.1. The Morgan fingerprint density at radius 1 is 1.31 bits per heavy atom. The van der Waals surface area contributed by atoms with Crippen LogP contribution in [0.25, 0.3) is 0 Å². The molecule has 3 rings (SSSR count). The van der Waals surface area contributed by atoms with Crippen molar-refractivity contribution >= 4 is 18.0 Å². The van der Waals surface area contributed by atoms with Gasteiger partial charge in [0, 0.05) is 43.8 Å². The zero-order valence-corrected chi connectivity index (χ0v) is 15.6. The van der Waals surface area contributed by atoms with E-state index in [1.807, 2.05) is 11.8 Å². The molecule has 1 saturated carbocycles. The first-order valence-electron chi connectivity index (χ1n) is 9.51. The van der Waals surface area contributed by atoms with E-state index in [4.69, 9.17) is 0 Å². The van der Waals surface area contributed by atoms with E-state index in [1.54, 1.807) is 0 Å². The van der Waals surface area contributed by atoms with Crippen molar-refractivity contribution < 1.29 is 14.0 Å². The van der Waals surface area contributed by atoms with Crippen LogP contribution in [0, 0.1) is 18.7 Å². The molecule has 0 spiro atoms. The third-order valence-electron chi connectivity index (χ3n) is 5.79. The minimum Gasteiger partial charge on any atom is -0.337 e. The van der Waals surface area contributed by atoms with Gasteiger partial charge >= 0.3 is 0 Å². The van der Waals surface area contributed by atoms with Crippen molar-refractivity contribution in [2.24, 2.45) is 5.92 Å². The van der Waals surface area contributed by atoms with Crippen LogP contribution >= 0.6 is 0 Å². The fourth-order valence-corrected chi connectivity index (χ4v) is 4.27. The van der Waals surface area contributed by atoms with Crippen LogP contribution in [0.1, 0.15) is 43.7 Å². The molecule has 2 aliphatic rings. The number of benzene rings is 1. The van der Waals surface area contributed by atoms with Gasteiger partial charge in [0.2, 0.25) is 12.3 Å². The fourth-order valence-electron chi connectivity index (χ4n) is 4.27. The van der Waals surface area contributed by atoms with Gasteiger partial charge in [-0.3, -0.25) is 14.5 Å². The highest BCUT2D eigenvalue weighted by Gasteiger charge is 2.33. The highest BCUT2D eigenvalue weighted by molar-refractivity contribution is 5.79. The lowest BCUT2D eigenvalue weighted by Crippen LogP contribution is -2.54. The number of carbonyl (C=O) groups excluding carboxylic acids is 2. The summed E-state index contributed by atoms with van der Waals surface area (Å²) in [7, 11) is 0. The summed E-state index contributed by atoms with van der Waals surface area (Å²) in [5, 5.41) is 2.56. The Kier molecular flexibility index (Phi) is 5.91. The Morgan fingerprint density at radius 2 is 2.04 bits per heavy atom. The van der Waals surface area contributed by atoms with Crippen LogP contribution in [-0.4, -0.2) is 47.8 Å². The lowest BCUT2D eigenvalue weighted by Gasteiger charge is -2.41. The van der Waals surface area contributed by atoms with E-state index in [2.05, 4.69) is 17.1 Å². The largest absolute Gasteiger partial charge is 0.337 e. The smallest absolute Gasteiger partial charge is 0.226 e. The van der Waals surface area contributed by atoms with Gasteiger partial charge in [-0.15, -0.1) is 0 Å². The molecule has 6 heteroatoms. The Hall–Kier alpha value is -1.95. The molecule has 26 heavy (non-hydrogen) atoms. The minimum absolute atomic E-state index is 0.165. The maximum absolute atomic E-state index is 13.9. The van der Waals surface area contributed by atoms with Crippen LogP contribution in [-0.2, 0) is 16.1 Å². The molecular weight excluding hydrogens is 333 g/mol. The SMILES string of the molecule is Cc1c(CN2CCN(C(=O)C3CCCC3)[C@@H](C)C2)cc(F)cc1NC=O. The molecule has 142 valence electrons. The van der Waals surface area contributed by atoms with Gasteiger partial charge in [-0.1, -0.05) is 12.8 Å². The molecule has 1 N–H and O–H groups in total. The summed E-state index contributed by atoms with van der Waals surface area (Å²) < 4.78 is 13.9. The maximum Gasteiger partial charge on any atom is 0.226 e. The number of anilines is 1. The molecule has 0 aromatic heterocycles. The number of rotatable bonds is 5. The molecular formula is C20H28FN3O2. The fraction of sp³-hybridized carbons (Fsp3) is 0.600. The summed E-state index contributed by atoms with van der Waals surface area (Å²) in [6.07, 6.45) is 4.96. The van der Waals surface area contributed by atoms with Gasteiger partial charge in [-0.2, -0.15) is 0 Å². The van der Waals surface area contributed by atoms with Crippen LogP contribution in [0.15, 0.2) is 12.1 Å². The molecule has 1 saturated heterocycles. The molecule has 1 heterocycles. The summed E-state index contributed by atoms with van der Waals surface area (Å²) in [4.78, 5) is 27.7. The van der Waals surface area contributed by atoms with Crippen LogP contribution in [0.4, 0.5) is 10.1 Å². The first-order chi connectivity index (χ1) is 12.5. The van der Waals surface area contributed by atoms with E-state index in [1.165, 1.54) is 25.0 Å². The van der Waals surface area contributed by atoms with Crippen molar-refractivity contribution in [3.05, 3.63) is 29.1 Å². The monoisotopic (exact) mass is 361 g/mol. The number of nitrogens with zero attached hydrogens (tertiary/aromatic N) is 2. The van der Waals surface area contributed by atoms with E-state index in [0.29, 0.717) is 24.5 Å². The van der Waals surface area contributed by atoms with Crippen molar-refractivity contribution in [1.82, 2.24) is 9.80 Å². The first-order valence-corrected chi connectivity index (χ1v) is 9.51. The van der Waals surface area contributed by atoms with Gasteiger partial charge in [-0.05, 0) is 49.9 Å². The number of carbonyl (C=O) groups is 2. The topological polar surface area (TPSA) is 52.6 Å². The van der Waals surface area contributed by atoms with Crippen LogP contribution in [0.2, 0.25) is 0 Å². The molecule has 5 nitrogen and oxygen atoms in total. The highest BCUT2D eigenvalue weighted by Crippen LogP contribution is 2.28. The summed E-state index contributed by atoms with van der Waals surface area (Å²) in [6.45, 7) is 6.90. The molecule has 1 aliphatic heterocycles. The number of hydrogen-bond donors (Lipinski definition) is 1. The third kappa shape index (κ3) is 4.06. The second-order valence-electron chi connectivity index (χ2n) is 7.60. The molecule has 1 aliphatic carbocycles. The maximum atomic E-state index is 13.9. The number of piperazine rings is 1. The lowest BCUT2D eigenvalue weighted by molar-refractivity contribution is -0.140. The average molecular weight is 361 g/mol. The third-order valence-corrected chi connectivity index (χ3v) is 5.79. The molecule has 2 amide bonds. The van der Waals surface area contributed by atoms with Crippen molar-refractivity contribution in [1.29, 1.82) is 0 Å². The Bertz CT molecular complexity index is 673. The van der Waals surface area contributed by atoms with Gasteiger partial charge in [0.1, 0.15) is 5.82 Å². The van der Waals surface area contributed by atoms with Crippen molar-refractivity contribution in [2.45, 2.75) is 52.1 Å². The number of amides is 2. The second kappa shape index (κ2) is 8.16. The zero-order chi connectivity index (χ0) is 18.7.